The number of amides is 1. The van der Waals surface area contributed by atoms with Crippen LogP contribution in [0.2, 0.25) is 0 Å². The highest BCUT2D eigenvalue weighted by Crippen LogP contribution is 2.11. The van der Waals surface area contributed by atoms with Crippen LogP contribution in [0.1, 0.15) is 5.56 Å². The Bertz CT molecular complexity index is 391. The van der Waals surface area contributed by atoms with Crippen molar-refractivity contribution in [1.82, 2.24) is 15.1 Å². The summed E-state index contributed by atoms with van der Waals surface area (Å²) in [5.74, 6) is -0.220. The van der Waals surface area contributed by atoms with Crippen LogP contribution in [0.25, 0.3) is 0 Å². The quantitative estimate of drug-likeness (QED) is 0.708. The molecule has 94 valence electrons. The zero-order chi connectivity index (χ0) is 12.3. The van der Waals surface area contributed by atoms with E-state index in [1.165, 1.54) is 0 Å². The van der Waals surface area contributed by atoms with Gasteiger partial charge in [-0.15, -0.1) is 0 Å². The number of nitrogens with one attached hydrogen (secondary N) is 1. The number of hydrogen-bond donors (Lipinski definition) is 2. The van der Waals surface area contributed by atoms with E-state index in [4.69, 9.17) is 10.5 Å². The number of nitrogens with zero attached hydrogens (tertiary/aromatic N) is 2. The first kappa shape index (κ1) is 12.1. The summed E-state index contributed by atoms with van der Waals surface area (Å²) in [6.07, 6.45) is 4.52. The van der Waals surface area contributed by atoms with Gasteiger partial charge in [0.15, 0.2) is 0 Å². The minimum Gasteiger partial charge on any atom is -0.379 e. The van der Waals surface area contributed by atoms with Gasteiger partial charge in [-0.1, -0.05) is 0 Å². The van der Waals surface area contributed by atoms with Gasteiger partial charge in [0, 0.05) is 25.8 Å². The van der Waals surface area contributed by atoms with E-state index < -0.39 is 0 Å². The monoisotopic (exact) mass is 238 g/mol. The van der Waals surface area contributed by atoms with E-state index in [1.54, 1.807) is 10.9 Å². The standard InChI is InChI=1S/C11H18N4O2/c1-15-5-8(4-14-15)2-3-13-11(16)9-6-17-7-10(9)12/h4-5,9-10H,2-3,6-7,12H2,1H3,(H,13,16). The highest BCUT2D eigenvalue weighted by molar-refractivity contribution is 5.79. The van der Waals surface area contributed by atoms with Gasteiger partial charge in [-0.2, -0.15) is 5.10 Å². The molecule has 2 atom stereocenters. The molecule has 1 aromatic heterocycles. The van der Waals surface area contributed by atoms with Crippen LogP contribution in [-0.2, 0) is 23.0 Å². The molecular formula is C11H18N4O2. The van der Waals surface area contributed by atoms with Crippen molar-refractivity contribution >= 4 is 5.91 Å². The van der Waals surface area contributed by atoms with Crippen molar-refractivity contribution in [3.8, 4) is 0 Å². The molecule has 0 aromatic carbocycles. The Morgan fingerprint density at radius 2 is 2.53 bits per heavy atom. The third-order valence-corrected chi connectivity index (χ3v) is 2.93. The van der Waals surface area contributed by atoms with Crippen molar-refractivity contribution in [2.75, 3.05) is 19.8 Å². The van der Waals surface area contributed by atoms with E-state index in [0.717, 1.165) is 12.0 Å². The summed E-state index contributed by atoms with van der Waals surface area (Å²) in [5, 5.41) is 6.94. The Labute approximate surface area is 100 Å². The van der Waals surface area contributed by atoms with Gasteiger partial charge in [0.2, 0.25) is 5.91 Å². The minimum absolute atomic E-state index is 0.0149. The maximum absolute atomic E-state index is 11.8. The highest BCUT2D eigenvalue weighted by atomic mass is 16.5. The van der Waals surface area contributed by atoms with Crippen LogP contribution >= 0.6 is 0 Å². The molecule has 1 saturated heterocycles. The fourth-order valence-electron chi connectivity index (χ4n) is 1.90. The zero-order valence-corrected chi connectivity index (χ0v) is 9.93. The largest absolute Gasteiger partial charge is 0.379 e. The molecule has 17 heavy (non-hydrogen) atoms. The van der Waals surface area contributed by atoms with E-state index in [2.05, 4.69) is 10.4 Å². The molecule has 1 fully saturated rings. The second-order valence-corrected chi connectivity index (χ2v) is 4.37. The first-order chi connectivity index (χ1) is 8.16. The number of aryl methyl sites for hydroxylation is 1. The number of nitrogens with two attached hydrogens (primary N) is 1. The van der Waals surface area contributed by atoms with Crippen molar-refractivity contribution in [2.45, 2.75) is 12.5 Å². The van der Waals surface area contributed by atoms with Gasteiger partial charge >= 0.3 is 0 Å². The van der Waals surface area contributed by atoms with Gasteiger partial charge in [-0.05, 0) is 12.0 Å². The molecule has 3 N–H and O–H groups in total. The Hall–Kier alpha value is -1.40. The van der Waals surface area contributed by atoms with Gasteiger partial charge in [-0.25, -0.2) is 0 Å². The lowest BCUT2D eigenvalue weighted by Gasteiger charge is -2.12. The molecule has 0 bridgehead atoms. The highest BCUT2D eigenvalue weighted by Gasteiger charge is 2.30. The van der Waals surface area contributed by atoms with Gasteiger partial charge in [-0.3, -0.25) is 9.48 Å². The first-order valence-electron chi connectivity index (χ1n) is 5.75. The molecule has 1 aliphatic heterocycles. The van der Waals surface area contributed by atoms with Gasteiger partial charge in [0.05, 0.1) is 25.3 Å². The van der Waals surface area contributed by atoms with Crippen LogP contribution in [0.3, 0.4) is 0 Å². The fourth-order valence-corrected chi connectivity index (χ4v) is 1.90. The smallest absolute Gasteiger partial charge is 0.227 e. The lowest BCUT2D eigenvalue weighted by Crippen LogP contribution is -2.41. The summed E-state index contributed by atoms with van der Waals surface area (Å²) in [7, 11) is 1.87. The average molecular weight is 238 g/mol. The zero-order valence-electron chi connectivity index (χ0n) is 9.93. The fraction of sp³-hybridized carbons (Fsp3) is 0.636. The predicted molar refractivity (Wildman–Crippen MR) is 62.2 cm³/mol. The lowest BCUT2D eigenvalue weighted by atomic mass is 10.0. The second kappa shape index (κ2) is 5.29. The summed E-state index contributed by atoms with van der Waals surface area (Å²) in [6.45, 7) is 1.51. The lowest BCUT2D eigenvalue weighted by molar-refractivity contribution is -0.125. The molecule has 1 aromatic rings. The third-order valence-electron chi connectivity index (χ3n) is 2.93. The van der Waals surface area contributed by atoms with Crippen molar-refractivity contribution in [3.63, 3.8) is 0 Å². The molecule has 0 radical (unpaired) electrons. The molecule has 0 saturated carbocycles. The second-order valence-electron chi connectivity index (χ2n) is 4.37. The number of rotatable bonds is 4. The van der Waals surface area contributed by atoms with Crippen molar-refractivity contribution in [2.24, 2.45) is 18.7 Å². The van der Waals surface area contributed by atoms with Gasteiger partial charge in [0.1, 0.15) is 0 Å². The summed E-state index contributed by atoms with van der Waals surface area (Å²) in [4.78, 5) is 11.8. The van der Waals surface area contributed by atoms with E-state index in [9.17, 15) is 4.79 Å². The SMILES string of the molecule is Cn1cc(CCNC(=O)C2COCC2N)cn1. The topological polar surface area (TPSA) is 82.2 Å². The van der Waals surface area contributed by atoms with Crippen LogP contribution in [0.5, 0.6) is 0 Å². The number of hydrogen-bond acceptors (Lipinski definition) is 4. The first-order valence-corrected chi connectivity index (χ1v) is 5.75. The Kier molecular flexibility index (Phi) is 3.75. The van der Waals surface area contributed by atoms with Crippen molar-refractivity contribution < 1.29 is 9.53 Å². The van der Waals surface area contributed by atoms with Crippen LogP contribution in [0.15, 0.2) is 12.4 Å². The Balaban J connectivity index is 1.73. The maximum atomic E-state index is 11.8. The van der Waals surface area contributed by atoms with Crippen LogP contribution in [0.4, 0.5) is 0 Å². The maximum Gasteiger partial charge on any atom is 0.227 e. The summed E-state index contributed by atoms with van der Waals surface area (Å²) in [6, 6.07) is -0.173. The Morgan fingerprint density at radius 3 is 3.12 bits per heavy atom. The predicted octanol–water partition coefficient (Wildman–Crippen LogP) is -0.947. The van der Waals surface area contributed by atoms with Crippen molar-refractivity contribution in [3.05, 3.63) is 18.0 Å². The summed E-state index contributed by atoms with van der Waals surface area (Å²) in [5.41, 5.74) is 6.88. The van der Waals surface area contributed by atoms with Crippen LogP contribution < -0.4 is 11.1 Å². The third kappa shape index (κ3) is 3.04. The molecule has 2 heterocycles. The summed E-state index contributed by atoms with van der Waals surface area (Å²) >= 11 is 0. The Morgan fingerprint density at radius 1 is 1.71 bits per heavy atom. The molecule has 6 heteroatoms. The molecule has 2 rings (SSSR count). The normalized spacial score (nSPS) is 23.9. The molecule has 0 aliphatic carbocycles. The van der Waals surface area contributed by atoms with E-state index in [0.29, 0.717) is 19.8 Å². The van der Waals surface area contributed by atoms with Crippen LogP contribution in [-0.4, -0.2) is 41.5 Å². The van der Waals surface area contributed by atoms with Gasteiger partial charge in [0.25, 0.3) is 0 Å². The molecule has 0 spiro atoms. The molecule has 6 nitrogen and oxygen atoms in total. The summed E-state index contributed by atoms with van der Waals surface area (Å²) < 4.78 is 6.91. The molecular weight excluding hydrogens is 220 g/mol. The number of aromatic nitrogens is 2. The van der Waals surface area contributed by atoms with Gasteiger partial charge < -0.3 is 15.8 Å². The van der Waals surface area contributed by atoms with E-state index in [-0.39, 0.29) is 17.9 Å². The average Bonchev–Trinajstić information content (AvgIpc) is 2.87. The van der Waals surface area contributed by atoms with Crippen LogP contribution in [0, 0.1) is 5.92 Å². The van der Waals surface area contributed by atoms with E-state index in [1.807, 2.05) is 13.2 Å². The number of carbonyl (C=O) groups is 1. The molecule has 1 aliphatic rings. The number of ether oxygens (including phenoxy) is 1. The van der Waals surface area contributed by atoms with Crippen molar-refractivity contribution in [1.29, 1.82) is 0 Å². The number of carbonyl (C=O) groups excluding carboxylic acids is 1. The van der Waals surface area contributed by atoms with E-state index >= 15 is 0 Å². The molecule has 1 amide bonds. The minimum atomic E-state index is -0.205. The molecule has 2 unspecified atom stereocenters.